The van der Waals surface area contributed by atoms with E-state index in [1.54, 1.807) is 6.92 Å². The molecule has 0 spiro atoms. The lowest BCUT2D eigenvalue weighted by Crippen LogP contribution is -2.25. The number of esters is 1. The number of carbonyl (C=O) groups is 1. The zero-order valence-corrected chi connectivity index (χ0v) is 18.9. The zero-order chi connectivity index (χ0) is 22.2. The Bertz CT molecular complexity index is 745. The van der Waals surface area contributed by atoms with E-state index in [1.165, 1.54) is 50.7 Å². The smallest absolute Gasteiger partial charge is 0.314 e. The topological polar surface area (TPSA) is 35.5 Å². The van der Waals surface area contributed by atoms with Crippen LogP contribution in [0, 0.1) is 35.3 Å². The molecule has 172 valence electrons. The first kappa shape index (κ1) is 23.7. The molecule has 5 heteroatoms. The predicted octanol–water partition coefficient (Wildman–Crippen LogP) is 7.24. The third-order valence-electron chi connectivity index (χ3n) is 6.87. The van der Waals surface area contributed by atoms with Crippen LogP contribution in [-0.2, 0) is 4.79 Å². The van der Waals surface area contributed by atoms with Crippen LogP contribution >= 0.6 is 0 Å². The van der Waals surface area contributed by atoms with Crippen LogP contribution in [-0.4, -0.2) is 12.6 Å². The maximum absolute atomic E-state index is 14.2. The van der Waals surface area contributed by atoms with Crippen molar-refractivity contribution in [3.05, 3.63) is 35.9 Å². The molecule has 0 saturated heterocycles. The van der Waals surface area contributed by atoms with Gasteiger partial charge in [-0.25, -0.2) is 0 Å². The molecule has 0 amide bonds. The van der Waals surface area contributed by atoms with E-state index in [2.05, 4.69) is 19.1 Å². The molecule has 1 aromatic carbocycles. The SMILES string of the molecule is CCCC1CCC(C=CC2CCC(C(=O)Oc3ccc(OCC)c(F)c3F)CC2)CC1. The van der Waals surface area contributed by atoms with Gasteiger partial charge >= 0.3 is 5.97 Å². The van der Waals surface area contributed by atoms with Crippen LogP contribution in [0.2, 0.25) is 0 Å². The summed E-state index contributed by atoms with van der Waals surface area (Å²) in [6, 6.07) is 2.55. The molecule has 0 unspecified atom stereocenters. The second-order valence-corrected chi connectivity index (χ2v) is 9.11. The summed E-state index contributed by atoms with van der Waals surface area (Å²) in [6.45, 7) is 4.19. The van der Waals surface area contributed by atoms with Gasteiger partial charge in [-0.15, -0.1) is 0 Å². The molecular weight excluding hydrogens is 398 g/mol. The fourth-order valence-corrected chi connectivity index (χ4v) is 4.99. The summed E-state index contributed by atoms with van der Waals surface area (Å²) in [5, 5.41) is 0. The highest BCUT2D eigenvalue weighted by Gasteiger charge is 2.28. The van der Waals surface area contributed by atoms with E-state index >= 15 is 0 Å². The minimum absolute atomic E-state index is 0.175. The molecule has 0 heterocycles. The van der Waals surface area contributed by atoms with E-state index in [-0.39, 0.29) is 24.0 Å². The first-order valence-electron chi connectivity index (χ1n) is 12.0. The van der Waals surface area contributed by atoms with Crippen LogP contribution < -0.4 is 9.47 Å². The summed E-state index contributed by atoms with van der Waals surface area (Å²) in [6.07, 6.45) is 16.0. The van der Waals surface area contributed by atoms with Crippen LogP contribution in [0.5, 0.6) is 11.5 Å². The molecule has 3 rings (SSSR count). The van der Waals surface area contributed by atoms with Gasteiger partial charge in [0.15, 0.2) is 11.5 Å². The highest BCUT2D eigenvalue weighted by molar-refractivity contribution is 5.75. The van der Waals surface area contributed by atoms with Crippen molar-refractivity contribution in [2.45, 2.75) is 78.1 Å². The Labute approximate surface area is 185 Å². The van der Waals surface area contributed by atoms with Gasteiger partial charge in [0.05, 0.1) is 12.5 Å². The van der Waals surface area contributed by atoms with Gasteiger partial charge in [0, 0.05) is 0 Å². The molecule has 0 radical (unpaired) electrons. The van der Waals surface area contributed by atoms with Crippen LogP contribution in [0.1, 0.15) is 78.1 Å². The van der Waals surface area contributed by atoms with Gasteiger partial charge in [-0.05, 0) is 88.2 Å². The fraction of sp³-hybridized carbons (Fsp3) is 0.654. The summed E-state index contributed by atoms with van der Waals surface area (Å²) < 4.78 is 38.4. The Morgan fingerprint density at radius 1 is 0.903 bits per heavy atom. The predicted molar refractivity (Wildman–Crippen MR) is 118 cm³/mol. The first-order valence-corrected chi connectivity index (χ1v) is 12.0. The fourth-order valence-electron chi connectivity index (χ4n) is 4.99. The molecule has 2 fully saturated rings. The van der Waals surface area contributed by atoms with Crippen molar-refractivity contribution in [1.82, 2.24) is 0 Å². The van der Waals surface area contributed by atoms with Crippen molar-refractivity contribution < 1.29 is 23.0 Å². The lowest BCUT2D eigenvalue weighted by Gasteiger charge is -2.28. The molecule has 3 nitrogen and oxygen atoms in total. The van der Waals surface area contributed by atoms with Crippen molar-refractivity contribution in [2.24, 2.45) is 23.7 Å². The largest absolute Gasteiger partial charge is 0.491 e. The van der Waals surface area contributed by atoms with Gasteiger partial charge in [-0.2, -0.15) is 8.78 Å². The van der Waals surface area contributed by atoms with Crippen molar-refractivity contribution in [1.29, 1.82) is 0 Å². The van der Waals surface area contributed by atoms with Gasteiger partial charge in [0.2, 0.25) is 11.6 Å². The van der Waals surface area contributed by atoms with E-state index in [0.717, 1.165) is 31.6 Å². The molecule has 2 aliphatic rings. The number of hydrogen-bond donors (Lipinski definition) is 0. The van der Waals surface area contributed by atoms with Gasteiger partial charge in [0.25, 0.3) is 0 Å². The third kappa shape index (κ3) is 6.54. The van der Waals surface area contributed by atoms with Crippen LogP contribution in [0.4, 0.5) is 8.78 Å². The lowest BCUT2D eigenvalue weighted by atomic mass is 9.78. The van der Waals surface area contributed by atoms with E-state index < -0.39 is 17.6 Å². The number of hydrogen-bond acceptors (Lipinski definition) is 3. The van der Waals surface area contributed by atoms with Crippen molar-refractivity contribution in [3.63, 3.8) is 0 Å². The Kier molecular flexibility index (Phi) is 8.91. The monoisotopic (exact) mass is 434 g/mol. The van der Waals surface area contributed by atoms with E-state index in [0.29, 0.717) is 11.8 Å². The second kappa shape index (κ2) is 11.6. The highest BCUT2D eigenvalue weighted by atomic mass is 19.2. The summed E-state index contributed by atoms with van der Waals surface area (Å²) in [7, 11) is 0. The lowest BCUT2D eigenvalue weighted by molar-refractivity contribution is -0.140. The molecule has 0 N–H and O–H groups in total. The Morgan fingerprint density at radius 3 is 2.03 bits per heavy atom. The van der Waals surface area contributed by atoms with Crippen LogP contribution in [0.3, 0.4) is 0 Å². The standard InChI is InChI=1S/C26H36F2O3/c1-3-5-18-6-8-19(9-7-18)10-11-20-12-14-21(15-13-20)26(29)31-23-17-16-22(30-4-2)24(27)25(23)28/h10-11,16-21H,3-9,12-15H2,1-2H3. The van der Waals surface area contributed by atoms with Crippen molar-refractivity contribution in [3.8, 4) is 11.5 Å². The van der Waals surface area contributed by atoms with Crippen LogP contribution in [0.15, 0.2) is 24.3 Å². The summed E-state index contributed by atoms with van der Waals surface area (Å²) in [5.41, 5.74) is 0. The molecule has 31 heavy (non-hydrogen) atoms. The Morgan fingerprint density at radius 2 is 1.45 bits per heavy atom. The molecular formula is C26H36F2O3. The average molecular weight is 435 g/mol. The molecule has 0 bridgehead atoms. The Hall–Kier alpha value is -1.91. The van der Waals surface area contributed by atoms with E-state index in [1.807, 2.05) is 0 Å². The molecule has 1 aromatic rings. The highest BCUT2D eigenvalue weighted by Crippen LogP contribution is 2.35. The number of ether oxygens (including phenoxy) is 2. The summed E-state index contributed by atoms with van der Waals surface area (Å²) in [5.74, 6) is -1.45. The summed E-state index contributed by atoms with van der Waals surface area (Å²) >= 11 is 0. The van der Waals surface area contributed by atoms with E-state index in [4.69, 9.17) is 9.47 Å². The number of benzene rings is 1. The minimum Gasteiger partial charge on any atom is -0.491 e. The van der Waals surface area contributed by atoms with Gasteiger partial charge in [-0.3, -0.25) is 4.79 Å². The number of halogens is 2. The molecule has 0 aliphatic heterocycles. The van der Waals surface area contributed by atoms with Gasteiger partial charge in [0.1, 0.15) is 0 Å². The third-order valence-corrected chi connectivity index (χ3v) is 6.87. The Balaban J connectivity index is 1.44. The first-order chi connectivity index (χ1) is 15.0. The van der Waals surface area contributed by atoms with E-state index in [9.17, 15) is 13.6 Å². The molecule has 0 atom stereocenters. The summed E-state index contributed by atoms with van der Waals surface area (Å²) in [4.78, 5) is 12.5. The second-order valence-electron chi connectivity index (χ2n) is 9.11. The van der Waals surface area contributed by atoms with Gasteiger partial charge < -0.3 is 9.47 Å². The quantitative estimate of drug-likeness (QED) is 0.246. The minimum atomic E-state index is -1.18. The maximum Gasteiger partial charge on any atom is 0.314 e. The normalized spacial score (nSPS) is 26.7. The van der Waals surface area contributed by atoms with Gasteiger partial charge in [-0.1, -0.05) is 31.9 Å². The number of carbonyl (C=O) groups excluding carboxylic acids is 1. The molecule has 2 aliphatic carbocycles. The molecule has 2 saturated carbocycles. The average Bonchev–Trinajstić information content (AvgIpc) is 2.79. The van der Waals surface area contributed by atoms with Crippen LogP contribution in [0.25, 0.3) is 0 Å². The number of allylic oxidation sites excluding steroid dienone is 2. The maximum atomic E-state index is 14.2. The molecule has 0 aromatic heterocycles. The van der Waals surface area contributed by atoms with Crippen molar-refractivity contribution in [2.75, 3.05) is 6.61 Å². The number of rotatable bonds is 8. The zero-order valence-electron chi connectivity index (χ0n) is 18.9. The van der Waals surface area contributed by atoms with Crippen molar-refractivity contribution >= 4 is 5.97 Å².